The van der Waals surface area contributed by atoms with Gasteiger partial charge >= 0.3 is 0 Å². The molecule has 158 valence electrons. The number of fused-ring (bicyclic) bond motifs is 5. The van der Waals surface area contributed by atoms with Crippen molar-refractivity contribution in [3.05, 3.63) is 35.2 Å². The fraction of sp³-hybridized carbons (Fsp3) is 0.522. The molecule has 2 aromatic heterocycles. The number of hydrogen-bond donors (Lipinski definition) is 3. The molecule has 0 radical (unpaired) electrons. The molecule has 7 heteroatoms. The van der Waals surface area contributed by atoms with E-state index in [1.807, 2.05) is 0 Å². The number of nitrogens with zero attached hydrogens (tertiary/aromatic N) is 2. The molecular formula is C23H27N3O4. The van der Waals surface area contributed by atoms with Crippen LogP contribution in [0.25, 0.3) is 0 Å². The van der Waals surface area contributed by atoms with Crippen molar-refractivity contribution in [3.8, 4) is 11.8 Å². The normalized spacial score (nSPS) is 27.1. The molecule has 1 amide bonds. The number of ketones is 1. The van der Waals surface area contributed by atoms with Crippen molar-refractivity contribution in [1.29, 1.82) is 0 Å². The fourth-order valence-corrected chi connectivity index (χ4v) is 5.89. The third kappa shape index (κ3) is 2.90. The van der Waals surface area contributed by atoms with Gasteiger partial charge in [0.25, 0.3) is 0 Å². The van der Waals surface area contributed by atoms with Gasteiger partial charge < -0.3 is 15.5 Å². The predicted octanol–water partition coefficient (Wildman–Crippen LogP) is 4.23. The molecule has 2 atom stereocenters. The Labute approximate surface area is 175 Å². The summed E-state index contributed by atoms with van der Waals surface area (Å²) in [6.45, 7) is 1.47. The highest BCUT2D eigenvalue weighted by molar-refractivity contribution is 6.03. The Balaban J connectivity index is 1.28. The van der Waals surface area contributed by atoms with Crippen molar-refractivity contribution >= 4 is 17.4 Å². The second kappa shape index (κ2) is 7.15. The molecular weight excluding hydrogens is 382 g/mol. The van der Waals surface area contributed by atoms with Gasteiger partial charge in [-0.2, -0.15) is 0 Å². The topological polar surface area (TPSA) is 104 Å². The van der Waals surface area contributed by atoms with Crippen LogP contribution in [0.15, 0.2) is 18.5 Å². The molecule has 0 unspecified atom stereocenters. The first-order valence-corrected chi connectivity index (χ1v) is 10.9. The number of carbonyl (C=O) groups is 2. The van der Waals surface area contributed by atoms with Crippen LogP contribution in [0.4, 0.5) is 5.69 Å². The number of anilines is 1. The third-order valence-electron chi connectivity index (χ3n) is 7.37. The van der Waals surface area contributed by atoms with Gasteiger partial charge in [0.1, 0.15) is 0 Å². The van der Waals surface area contributed by atoms with Gasteiger partial charge in [0.2, 0.25) is 5.91 Å². The van der Waals surface area contributed by atoms with Crippen LogP contribution >= 0.6 is 0 Å². The lowest BCUT2D eigenvalue weighted by molar-refractivity contribution is -0.121. The van der Waals surface area contributed by atoms with Crippen LogP contribution in [-0.2, 0) is 4.79 Å². The molecule has 2 saturated carbocycles. The molecule has 2 heterocycles. The van der Waals surface area contributed by atoms with E-state index in [0.717, 1.165) is 30.4 Å². The summed E-state index contributed by atoms with van der Waals surface area (Å²) in [5, 5.41) is 24.5. The van der Waals surface area contributed by atoms with Gasteiger partial charge in [-0.1, -0.05) is 0 Å². The highest BCUT2D eigenvalue weighted by Gasteiger charge is 2.45. The maximum Gasteiger partial charge on any atom is 0.227 e. The third-order valence-corrected chi connectivity index (χ3v) is 7.37. The molecule has 0 aliphatic heterocycles. The quantitative estimate of drug-likeness (QED) is 0.656. The fourth-order valence-electron chi connectivity index (χ4n) is 5.89. The zero-order valence-electron chi connectivity index (χ0n) is 17.1. The average Bonchev–Trinajstić information content (AvgIpc) is 3.42. The van der Waals surface area contributed by atoms with Crippen molar-refractivity contribution in [3.63, 3.8) is 0 Å². The average molecular weight is 409 g/mol. The van der Waals surface area contributed by atoms with Crippen molar-refractivity contribution < 1.29 is 19.8 Å². The summed E-state index contributed by atoms with van der Waals surface area (Å²) in [4.78, 5) is 28.6. The van der Waals surface area contributed by atoms with E-state index < -0.39 is 0 Å². The van der Waals surface area contributed by atoms with Gasteiger partial charge in [0, 0.05) is 34.8 Å². The van der Waals surface area contributed by atoms with Crippen LogP contribution in [0.2, 0.25) is 0 Å². The van der Waals surface area contributed by atoms with E-state index in [-0.39, 0.29) is 35.4 Å². The lowest BCUT2D eigenvalue weighted by Gasteiger charge is -2.30. The number of carbonyl (C=O) groups excluding carboxylic acids is 2. The van der Waals surface area contributed by atoms with Crippen molar-refractivity contribution in [2.24, 2.45) is 5.92 Å². The van der Waals surface area contributed by atoms with Crippen LogP contribution in [0.5, 0.6) is 11.8 Å². The van der Waals surface area contributed by atoms with E-state index in [1.54, 1.807) is 10.6 Å². The second-order valence-corrected chi connectivity index (χ2v) is 9.02. The smallest absolute Gasteiger partial charge is 0.227 e. The van der Waals surface area contributed by atoms with Gasteiger partial charge in [-0.15, -0.1) is 0 Å². The summed E-state index contributed by atoms with van der Waals surface area (Å²) in [5.74, 6) is 0.864. The van der Waals surface area contributed by atoms with Gasteiger partial charge in [-0.25, -0.2) is 0 Å². The molecule has 3 aliphatic carbocycles. The zero-order chi connectivity index (χ0) is 21.0. The number of hydrogen-bond acceptors (Lipinski definition) is 5. The number of amides is 1. The Morgan fingerprint density at radius 1 is 1.03 bits per heavy atom. The van der Waals surface area contributed by atoms with Crippen LogP contribution in [0, 0.1) is 5.92 Å². The number of aromatic nitrogens is 2. The van der Waals surface area contributed by atoms with Crippen molar-refractivity contribution in [1.82, 2.24) is 9.55 Å². The molecule has 0 saturated heterocycles. The van der Waals surface area contributed by atoms with Gasteiger partial charge in [0.15, 0.2) is 17.5 Å². The maximum atomic E-state index is 12.8. The molecule has 30 heavy (non-hydrogen) atoms. The van der Waals surface area contributed by atoms with E-state index in [9.17, 15) is 19.8 Å². The zero-order valence-corrected chi connectivity index (χ0v) is 17.1. The van der Waals surface area contributed by atoms with Crippen molar-refractivity contribution in [2.45, 2.75) is 69.7 Å². The minimum atomic E-state index is -0.163. The first-order valence-electron chi connectivity index (χ1n) is 10.9. The first-order chi connectivity index (χ1) is 14.5. The summed E-state index contributed by atoms with van der Waals surface area (Å²) in [7, 11) is 0. The van der Waals surface area contributed by atoms with E-state index in [0.29, 0.717) is 48.8 Å². The summed E-state index contributed by atoms with van der Waals surface area (Å²) in [6.07, 6.45) is 9.06. The molecule has 0 spiro atoms. The molecule has 0 aromatic carbocycles. The standard InChI is InChI=1S/C23H27N3O4/c1-12(27)17-8-9-24-11-18(17)25-21(28)13-4-6-16(7-5-13)26-22(29)19-14-2-3-15(10-14)20(19)23(26)30/h8-9,11,13-16,29-30H,2-7,10H2,1H3,(H,25,28)/t13?,14-,15+,16?. The first kappa shape index (κ1) is 19.2. The monoisotopic (exact) mass is 409 g/mol. The number of nitrogens with one attached hydrogen (secondary N) is 1. The SMILES string of the molecule is CC(=O)c1ccncc1NC(=O)C1CCC(n2c(O)c3c(c2O)[C@H]2CC[C@@H]3C2)CC1. The molecule has 2 aromatic rings. The van der Waals surface area contributed by atoms with Gasteiger partial charge in [-0.3, -0.25) is 19.1 Å². The minimum absolute atomic E-state index is 0.00484. The van der Waals surface area contributed by atoms with E-state index in [4.69, 9.17) is 0 Å². The van der Waals surface area contributed by atoms with E-state index in [1.165, 1.54) is 19.3 Å². The Kier molecular flexibility index (Phi) is 4.56. The second-order valence-electron chi connectivity index (χ2n) is 9.02. The van der Waals surface area contributed by atoms with E-state index in [2.05, 4.69) is 10.3 Å². The highest BCUT2D eigenvalue weighted by Crippen LogP contribution is 2.61. The molecule has 2 bridgehead atoms. The summed E-state index contributed by atoms with van der Waals surface area (Å²) in [5.41, 5.74) is 2.84. The molecule has 3 aliphatic rings. The highest BCUT2D eigenvalue weighted by atomic mass is 16.3. The Hall–Kier alpha value is -2.83. The Morgan fingerprint density at radius 3 is 2.27 bits per heavy atom. The molecule has 7 nitrogen and oxygen atoms in total. The molecule has 5 rings (SSSR count). The summed E-state index contributed by atoms with van der Waals surface area (Å²) in [6, 6.07) is 1.61. The Morgan fingerprint density at radius 2 is 1.67 bits per heavy atom. The summed E-state index contributed by atoms with van der Waals surface area (Å²) < 4.78 is 1.72. The molecule has 2 fully saturated rings. The minimum Gasteiger partial charge on any atom is -0.494 e. The van der Waals surface area contributed by atoms with Crippen LogP contribution in [0.3, 0.4) is 0 Å². The number of aromatic hydroxyl groups is 2. The van der Waals surface area contributed by atoms with Gasteiger partial charge in [0.05, 0.1) is 11.9 Å². The maximum absolute atomic E-state index is 12.8. The molecule has 3 N–H and O–H groups in total. The lowest BCUT2D eigenvalue weighted by Crippen LogP contribution is -2.28. The van der Waals surface area contributed by atoms with Gasteiger partial charge in [-0.05, 0) is 69.8 Å². The summed E-state index contributed by atoms with van der Waals surface area (Å²) >= 11 is 0. The largest absolute Gasteiger partial charge is 0.494 e. The van der Waals surface area contributed by atoms with E-state index >= 15 is 0 Å². The number of Topliss-reactive ketones (excluding diaryl/α,β-unsaturated/α-hetero) is 1. The van der Waals surface area contributed by atoms with Crippen LogP contribution < -0.4 is 5.32 Å². The predicted molar refractivity (Wildman–Crippen MR) is 111 cm³/mol. The lowest BCUT2D eigenvalue weighted by atomic mass is 9.85. The van der Waals surface area contributed by atoms with Crippen LogP contribution in [-0.4, -0.2) is 31.5 Å². The van der Waals surface area contributed by atoms with Crippen LogP contribution in [0.1, 0.15) is 91.2 Å². The van der Waals surface area contributed by atoms with Crippen molar-refractivity contribution in [2.75, 3.05) is 5.32 Å². The number of pyridine rings is 1. The Bertz CT molecular complexity index is 986. The number of rotatable bonds is 4.